The molecule has 2 aromatic carbocycles. The van der Waals surface area contributed by atoms with Crippen LogP contribution in [0, 0.1) is 13.8 Å². The summed E-state index contributed by atoms with van der Waals surface area (Å²) in [4.78, 5) is 0. The first kappa shape index (κ1) is 14.2. The number of ether oxygens (including phenoxy) is 1. The van der Waals surface area contributed by atoms with Crippen LogP contribution < -0.4 is 10.5 Å². The lowest BCUT2D eigenvalue weighted by atomic mass is 10.1. The molecule has 104 valence electrons. The molecule has 0 unspecified atom stereocenters. The predicted molar refractivity (Wildman–Crippen MR) is 80.0 cm³/mol. The molecule has 0 atom stereocenters. The van der Waals surface area contributed by atoms with Crippen molar-refractivity contribution in [3.8, 4) is 11.5 Å². The van der Waals surface area contributed by atoms with Crippen molar-refractivity contribution in [1.29, 1.82) is 0 Å². The minimum absolute atomic E-state index is 0.00955. The maximum atomic E-state index is 8.85. The Morgan fingerprint density at radius 1 is 1.15 bits per heavy atom. The fourth-order valence-electron chi connectivity index (χ4n) is 1.83. The molecule has 0 aromatic heterocycles. The highest BCUT2D eigenvalue weighted by molar-refractivity contribution is 6.30. The van der Waals surface area contributed by atoms with Crippen molar-refractivity contribution in [2.24, 2.45) is 10.9 Å². The molecule has 0 aliphatic rings. The first-order chi connectivity index (χ1) is 9.51. The van der Waals surface area contributed by atoms with Crippen LogP contribution in [0.25, 0.3) is 0 Å². The molecular weight excluding hydrogens is 276 g/mol. The highest BCUT2D eigenvalue weighted by atomic mass is 35.5. The van der Waals surface area contributed by atoms with Gasteiger partial charge >= 0.3 is 0 Å². The van der Waals surface area contributed by atoms with Gasteiger partial charge in [-0.2, -0.15) is 0 Å². The van der Waals surface area contributed by atoms with Gasteiger partial charge in [-0.1, -0.05) is 28.4 Å². The molecule has 0 bridgehead atoms. The van der Waals surface area contributed by atoms with Gasteiger partial charge in [0.1, 0.15) is 11.5 Å². The number of rotatable bonds is 3. The van der Waals surface area contributed by atoms with Gasteiger partial charge in [-0.05, 0) is 49.7 Å². The lowest BCUT2D eigenvalue weighted by Gasteiger charge is -2.13. The molecule has 3 N–H and O–H groups in total. The Labute approximate surface area is 122 Å². The van der Waals surface area contributed by atoms with Crippen molar-refractivity contribution in [2.45, 2.75) is 13.8 Å². The third-order valence-electron chi connectivity index (χ3n) is 2.88. The summed E-state index contributed by atoms with van der Waals surface area (Å²) < 4.78 is 5.84. The molecule has 0 fully saturated rings. The molecule has 2 aromatic rings. The van der Waals surface area contributed by atoms with Crippen LogP contribution in [0.1, 0.15) is 16.7 Å². The third kappa shape index (κ3) is 3.03. The molecule has 0 aliphatic carbocycles. The van der Waals surface area contributed by atoms with E-state index in [0.717, 1.165) is 11.1 Å². The number of aryl methyl sites for hydroxylation is 2. The summed E-state index contributed by atoms with van der Waals surface area (Å²) in [5.74, 6) is 1.21. The Bertz CT molecular complexity index is 669. The van der Waals surface area contributed by atoms with E-state index in [1.165, 1.54) is 0 Å². The van der Waals surface area contributed by atoms with E-state index in [2.05, 4.69) is 5.16 Å². The molecule has 0 saturated heterocycles. The first-order valence-corrected chi connectivity index (χ1v) is 6.41. The van der Waals surface area contributed by atoms with Crippen molar-refractivity contribution in [1.82, 2.24) is 0 Å². The number of benzene rings is 2. The van der Waals surface area contributed by atoms with E-state index in [1.807, 2.05) is 26.0 Å². The van der Waals surface area contributed by atoms with Crippen LogP contribution in [0.3, 0.4) is 0 Å². The monoisotopic (exact) mass is 290 g/mol. The molecular formula is C15H15ClN2O2. The highest BCUT2D eigenvalue weighted by Gasteiger charge is 2.11. The fourth-order valence-corrected chi connectivity index (χ4v) is 2.06. The van der Waals surface area contributed by atoms with Gasteiger partial charge in [-0.3, -0.25) is 0 Å². The second-order valence-corrected chi connectivity index (χ2v) is 4.93. The maximum Gasteiger partial charge on any atom is 0.173 e. The summed E-state index contributed by atoms with van der Waals surface area (Å²) in [7, 11) is 0. The van der Waals surface area contributed by atoms with E-state index in [1.54, 1.807) is 24.3 Å². The number of halogens is 1. The smallest absolute Gasteiger partial charge is 0.173 e. The molecule has 0 radical (unpaired) electrons. The summed E-state index contributed by atoms with van der Waals surface area (Å²) >= 11 is 5.92. The van der Waals surface area contributed by atoms with Crippen molar-refractivity contribution in [3.05, 3.63) is 58.1 Å². The molecule has 0 heterocycles. The van der Waals surface area contributed by atoms with Gasteiger partial charge in [-0.25, -0.2) is 0 Å². The number of nitrogens with zero attached hydrogens (tertiary/aromatic N) is 1. The maximum absolute atomic E-state index is 8.85. The van der Waals surface area contributed by atoms with Gasteiger partial charge in [-0.15, -0.1) is 0 Å². The highest BCUT2D eigenvalue weighted by Crippen LogP contribution is 2.30. The van der Waals surface area contributed by atoms with Gasteiger partial charge in [0.25, 0.3) is 0 Å². The van der Waals surface area contributed by atoms with Gasteiger partial charge in [0.2, 0.25) is 0 Å². The van der Waals surface area contributed by atoms with Gasteiger partial charge in [0.15, 0.2) is 5.84 Å². The Morgan fingerprint density at radius 3 is 2.50 bits per heavy atom. The normalized spacial score (nSPS) is 11.4. The quantitative estimate of drug-likeness (QED) is 0.390. The van der Waals surface area contributed by atoms with Crippen LogP contribution in [0.5, 0.6) is 11.5 Å². The first-order valence-electron chi connectivity index (χ1n) is 6.04. The topological polar surface area (TPSA) is 67.8 Å². The summed E-state index contributed by atoms with van der Waals surface area (Å²) in [6, 6.07) is 10.8. The molecule has 0 saturated carbocycles. The minimum atomic E-state index is 0.00955. The summed E-state index contributed by atoms with van der Waals surface area (Å²) in [6.07, 6.45) is 0. The minimum Gasteiger partial charge on any atom is -0.456 e. The van der Waals surface area contributed by atoms with Crippen LogP contribution in [0.15, 0.2) is 41.6 Å². The lowest BCUT2D eigenvalue weighted by Crippen LogP contribution is -2.14. The molecule has 5 heteroatoms. The van der Waals surface area contributed by atoms with Crippen molar-refractivity contribution < 1.29 is 9.94 Å². The third-order valence-corrected chi connectivity index (χ3v) is 3.11. The van der Waals surface area contributed by atoms with Gasteiger partial charge in [0.05, 0.1) is 5.56 Å². The fraction of sp³-hybridized carbons (Fsp3) is 0.133. The van der Waals surface area contributed by atoms with E-state index in [-0.39, 0.29) is 5.84 Å². The zero-order valence-electron chi connectivity index (χ0n) is 11.2. The van der Waals surface area contributed by atoms with E-state index in [0.29, 0.717) is 22.1 Å². The van der Waals surface area contributed by atoms with Gasteiger partial charge in [0, 0.05) is 5.02 Å². The Kier molecular flexibility index (Phi) is 4.15. The largest absolute Gasteiger partial charge is 0.456 e. The van der Waals surface area contributed by atoms with Crippen molar-refractivity contribution in [2.75, 3.05) is 0 Å². The van der Waals surface area contributed by atoms with E-state index in [9.17, 15) is 0 Å². The Hall–Kier alpha value is -2.20. The van der Waals surface area contributed by atoms with E-state index in [4.69, 9.17) is 27.3 Å². The SMILES string of the molecule is Cc1ccc(Oc2ccc(Cl)cc2C)c(/C(N)=N/O)c1. The predicted octanol–water partition coefficient (Wildman–Crippen LogP) is 3.84. The Balaban J connectivity index is 2.43. The number of nitrogens with two attached hydrogens (primary N) is 1. The zero-order valence-corrected chi connectivity index (χ0v) is 12.0. The number of oxime groups is 1. The van der Waals surface area contributed by atoms with E-state index >= 15 is 0 Å². The summed E-state index contributed by atoms with van der Waals surface area (Å²) in [5, 5.41) is 12.5. The van der Waals surface area contributed by atoms with E-state index < -0.39 is 0 Å². The van der Waals surface area contributed by atoms with Crippen molar-refractivity contribution >= 4 is 17.4 Å². The molecule has 0 aliphatic heterocycles. The number of hydrogen-bond acceptors (Lipinski definition) is 3. The zero-order chi connectivity index (χ0) is 14.7. The molecule has 2 rings (SSSR count). The number of hydrogen-bond donors (Lipinski definition) is 2. The molecule has 20 heavy (non-hydrogen) atoms. The lowest BCUT2D eigenvalue weighted by molar-refractivity contribution is 0.318. The van der Waals surface area contributed by atoms with Crippen LogP contribution in [-0.2, 0) is 0 Å². The van der Waals surface area contributed by atoms with Crippen LogP contribution in [-0.4, -0.2) is 11.0 Å². The van der Waals surface area contributed by atoms with Crippen LogP contribution >= 0.6 is 11.6 Å². The average molecular weight is 291 g/mol. The second kappa shape index (κ2) is 5.84. The van der Waals surface area contributed by atoms with Crippen LogP contribution in [0.4, 0.5) is 0 Å². The average Bonchev–Trinajstić information content (AvgIpc) is 2.42. The van der Waals surface area contributed by atoms with Gasteiger partial charge < -0.3 is 15.7 Å². The molecule has 4 nitrogen and oxygen atoms in total. The Morgan fingerprint density at radius 2 is 1.85 bits per heavy atom. The van der Waals surface area contributed by atoms with Crippen LogP contribution in [0.2, 0.25) is 5.02 Å². The molecule has 0 spiro atoms. The summed E-state index contributed by atoms with van der Waals surface area (Å²) in [6.45, 7) is 3.82. The van der Waals surface area contributed by atoms with Crippen molar-refractivity contribution in [3.63, 3.8) is 0 Å². The standard InChI is InChI=1S/C15H15ClN2O2/c1-9-3-5-14(12(7-9)15(17)18-19)20-13-6-4-11(16)8-10(13)2/h3-8,19H,1-2H3,(H2,17,18). The summed E-state index contributed by atoms with van der Waals surface area (Å²) in [5.41, 5.74) is 8.12. The molecule has 0 amide bonds. The number of amidine groups is 1. The second-order valence-electron chi connectivity index (χ2n) is 4.50.